The van der Waals surface area contributed by atoms with Crippen molar-refractivity contribution in [2.75, 3.05) is 6.26 Å². The summed E-state index contributed by atoms with van der Waals surface area (Å²) < 4.78 is 29.9. The predicted octanol–water partition coefficient (Wildman–Crippen LogP) is 5.84. The standard InChI is InChI=1S/C19H12Cl4N2O4S/c1-30(27,28)25-18(26)10-2-3-15(16(22)4-10)11-5-17(23)19(24-9-11)29-14-7-12(20)6-13(21)8-14/h2-9H,1H3,(H,25,26). The summed E-state index contributed by atoms with van der Waals surface area (Å²) in [6.45, 7) is 0. The van der Waals surface area contributed by atoms with E-state index in [9.17, 15) is 13.2 Å². The molecule has 0 aliphatic carbocycles. The van der Waals surface area contributed by atoms with Crippen LogP contribution in [0.5, 0.6) is 11.6 Å². The summed E-state index contributed by atoms with van der Waals surface area (Å²) in [4.78, 5) is 16.2. The molecule has 0 saturated carbocycles. The number of hydrogen-bond donors (Lipinski definition) is 1. The van der Waals surface area contributed by atoms with E-state index in [4.69, 9.17) is 51.1 Å². The molecule has 30 heavy (non-hydrogen) atoms. The second-order valence-corrected chi connectivity index (χ2v) is 9.55. The fourth-order valence-corrected chi connectivity index (χ4v) is 3.92. The van der Waals surface area contributed by atoms with Gasteiger partial charge < -0.3 is 4.74 Å². The maximum absolute atomic E-state index is 12.0. The maximum Gasteiger partial charge on any atom is 0.264 e. The molecule has 156 valence electrons. The van der Waals surface area contributed by atoms with Crippen LogP contribution in [0.1, 0.15) is 10.4 Å². The number of sulfonamides is 1. The van der Waals surface area contributed by atoms with Gasteiger partial charge in [-0.05, 0) is 36.4 Å². The smallest absolute Gasteiger partial charge is 0.264 e. The van der Waals surface area contributed by atoms with Crippen molar-refractivity contribution in [3.05, 3.63) is 74.3 Å². The molecule has 1 heterocycles. The van der Waals surface area contributed by atoms with Crippen molar-refractivity contribution in [3.8, 4) is 22.8 Å². The number of ether oxygens (including phenoxy) is 1. The summed E-state index contributed by atoms with van der Waals surface area (Å²) in [7, 11) is -3.69. The van der Waals surface area contributed by atoms with E-state index in [1.807, 2.05) is 4.72 Å². The summed E-state index contributed by atoms with van der Waals surface area (Å²) in [5.74, 6) is -0.279. The van der Waals surface area contributed by atoms with Gasteiger partial charge in [-0.2, -0.15) is 0 Å². The predicted molar refractivity (Wildman–Crippen MR) is 119 cm³/mol. The second kappa shape index (κ2) is 8.99. The minimum Gasteiger partial charge on any atom is -0.437 e. The lowest BCUT2D eigenvalue weighted by molar-refractivity contribution is 0.0981. The fraction of sp³-hybridized carbons (Fsp3) is 0.0526. The third kappa shape index (κ3) is 5.77. The summed E-state index contributed by atoms with van der Waals surface area (Å²) in [5.41, 5.74) is 1.20. The highest BCUT2D eigenvalue weighted by molar-refractivity contribution is 7.89. The van der Waals surface area contributed by atoms with E-state index >= 15 is 0 Å². The van der Waals surface area contributed by atoms with Crippen LogP contribution in [0.3, 0.4) is 0 Å². The van der Waals surface area contributed by atoms with Gasteiger partial charge in [0, 0.05) is 38.0 Å². The van der Waals surface area contributed by atoms with Crippen LogP contribution in [0.4, 0.5) is 0 Å². The van der Waals surface area contributed by atoms with Crippen molar-refractivity contribution < 1.29 is 17.9 Å². The number of halogens is 4. The Kier molecular flexibility index (Phi) is 6.79. The van der Waals surface area contributed by atoms with Crippen molar-refractivity contribution in [2.45, 2.75) is 0 Å². The first-order chi connectivity index (χ1) is 14.0. The van der Waals surface area contributed by atoms with Gasteiger partial charge in [-0.3, -0.25) is 4.79 Å². The van der Waals surface area contributed by atoms with Crippen molar-refractivity contribution in [1.82, 2.24) is 9.71 Å². The van der Waals surface area contributed by atoms with E-state index in [2.05, 4.69) is 4.98 Å². The molecular weight excluding hydrogens is 494 g/mol. The molecule has 0 aliphatic heterocycles. The molecule has 1 aromatic heterocycles. The zero-order chi connectivity index (χ0) is 22.1. The Morgan fingerprint density at radius 3 is 2.20 bits per heavy atom. The lowest BCUT2D eigenvalue weighted by Gasteiger charge is -2.11. The van der Waals surface area contributed by atoms with Crippen LogP contribution in [0.15, 0.2) is 48.7 Å². The van der Waals surface area contributed by atoms with Gasteiger partial charge in [-0.1, -0.05) is 52.5 Å². The van der Waals surface area contributed by atoms with Gasteiger partial charge in [0.2, 0.25) is 15.9 Å². The topological polar surface area (TPSA) is 85.4 Å². The van der Waals surface area contributed by atoms with E-state index < -0.39 is 15.9 Å². The number of hydrogen-bond acceptors (Lipinski definition) is 5. The zero-order valence-corrected chi connectivity index (χ0v) is 19.0. The molecule has 0 atom stereocenters. The molecule has 0 unspecified atom stereocenters. The van der Waals surface area contributed by atoms with E-state index in [0.717, 1.165) is 6.26 Å². The van der Waals surface area contributed by atoms with Crippen molar-refractivity contribution in [1.29, 1.82) is 0 Å². The van der Waals surface area contributed by atoms with Crippen LogP contribution in [0.2, 0.25) is 20.1 Å². The molecule has 1 N–H and O–H groups in total. The third-order valence-corrected chi connectivity index (χ3v) is 5.25. The maximum atomic E-state index is 12.0. The number of benzene rings is 2. The highest BCUT2D eigenvalue weighted by Gasteiger charge is 2.15. The first-order valence-corrected chi connectivity index (χ1v) is 11.5. The number of rotatable bonds is 5. The minimum atomic E-state index is -3.69. The molecule has 0 radical (unpaired) electrons. The van der Waals surface area contributed by atoms with E-state index in [1.165, 1.54) is 18.3 Å². The van der Waals surface area contributed by atoms with E-state index in [0.29, 0.717) is 26.9 Å². The molecule has 0 saturated heterocycles. The summed E-state index contributed by atoms with van der Waals surface area (Å²) in [6, 6.07) is 10.6. The van der Waals surface area contributed by atoms with Crippen molar-refractivity contribution in [3.63, 3.8) is 0 Å². The van der Waals surface area contributed by atoms with E-state index in [-0.39, 0.29) is 21.5 Å². The Labute approximate surface area is 192 Å². The molecule has 1 amide bonds. The molecule has 0 spiro atoms. The summed E-state index contributed by atoms with van der Waals surface area (Å²) >= 11 is 24.5. The lowest BCUT2D eigenvalue weighted by Crippen LogP contribution is -2.29. The molecule has 3 rings (SSSR count). The molecule has 0 bridgehead atoms. The number of carbonyl (C=O) groups excluding carboxylic acids is 1. The van der Waals surface area contributed by atoms with Crippen LogP contribution < -0.4 is 9.46 Å². The quantitative estimate of drug-likeness (QED) is 0.470. The first-order valence-electron chi connectivity index (χ1n) is 8.13. The molecular formula is C19H12Cl4N2O4S. The van der Waals surface area contributed by atoms with Gasteiger partial charge in [-0.15, -0.1) is 0 Å². The van der Waals surface area contributed by atoms with Gasteiger partial charge in [-0.25, -0.2) is 18.1 Å². The van der Waals surface area contributed by atoms with Gasteiger partial charge in [0.1, 0.15) is 10.8 Å². The Morgan fingerprint density at radius 2 is 1.63 bits per heavy atom. The second-order valence-electron chi connectivity index (χ2n) is 6.12. The van der Waals surface area contributed by atoms with Crippen LogP contribution in [-0.2, 0) is 10.0 Å². The van der Waals surface area contributed by atoms with E-state index in [1.54, 1.807) is 30.3 Å². The van der Waals surface area contributed by atoms with Gasteiger partial charge in [0.05, 0.1) is 6.26 Å². The molecule has 0 aliphatic rings. The van der Waals surface area contributed by atoms with Gasteiger partial charge in [0.15, 0.2) is 0 Å². The van der Waals surface area contributed by atoms with Gasteiger partial charge >= 0.3 is 0 Å². The van der Waals surface area contributed by atoms with Crippen LogP contribution in [0, 0.1) is 0 Å². The third-order valence-electron chi connectivity index (χ3n) is 3.68. The molecule has 6 nitrogen and oxygen atoms in total. The summed E-state index contributed by atoms with van der Waals surface area (Å²) in [6.07, 6.45) is 2.38. The van der Waals surface area contributed by atoms with Crippen LogP contribution in [-0.4, -0.2) is 25.6 Å². The fourth-order valence-electron chi connectivity index (χ4n) is 2.46. The number of nitrogens with one attached hydrogen (secondary N) is 1. The number of aromatic nitrogens is 1. The highest BCUT2D eigenvalue weighted by atomic mass is 35.5. The Bertz CT molecular complexity index is 1230. The molecule has 0 fully saturated rings. The Balaban J connectivity index is 1.86. The van der Waals surface area contributed by atoms with Gasteiger partial charge in [0.25, 0.3) is 5.91 Å². The van der Waals surface area contributed by atoms with Crippen molar-refractivity contribution >= 4 is 62.3 Å². The number of carbonyl (C=O) groups is 1. The average molecular weight is 506 g/mol. The monoisotopic (exact) mass is 504 g/mol. The molecule has 2 aromatic carbocycles. The summed E-state index contributed by atoms with van der Waals surface area (Å²) in [5, 5.41) is 1.22. The van der Waals surface area contributed by atoms with Crippen LogP contribution >= 0.6 is 46.4 Å². The Morgan fingerprint density at radius 1 is 0.967 bits per heavy atom. The highest BCUT2D eigenvalue weighted by Crippen LogP contribution is 2.35. The largest absolute Gasteiger partial charge is 0.437 e. The zero-order valence-electron chi connectivity index (χ0n) is 15.1. The van der Waals surface area contributed by atoms with Crippen molar-refractivity contribution in [2.24, 2.45) is 0 Å². The van der Waals surface area contributed by atoms with Crippen LogP contribution in [0.25, 0.3) is 11.1 Å². The lowest BCUT2D eigenvalue weighted by atomic mass is 10.1. The molecule has 3 aromatic rings. The number of nitrogens with zero attached hydrogens (tertiary/aromatic N) is 1. The number of pyridine rings is 1. The molecule has 11 heteroatoms. The average Bonchev–Trinajstić information content (AvgIpc) is 2.61. The first kappa shape index (κ1) is 22.7. The normalized spacial score (nSPS) is 11.2. The SMILES string of the molecule is CS(=O)(=O)NC(=O)c1ccc(-c2cnc(Oc3cc(Cl)cc(Cl)c3)c(Cl)c2)c(Cl)c1. The minimum absolute atomic E-state index is 0.0889. The number of amides is 1. The Hall–Kier alpha value is -2.03.